The quantitative estimate of drug-likeness (QED) is 0.637. The van der Waals surface area contributed by atoms with E-state index in [0.29, 0.717) is 22.6 Å². The summed E-state index contributed by atoms with van der Waals surface area (Å²) in [6.07, 6.45) is 0. The van der Waals surface area contributed by atoms with Crippen molar-refractivity contribution in [2.75, 3.05) is 27.4 Å². The summed E-state index contributed by atoms with van der Waals surface area (Å²) in [5.41, 5.74) is 3.17. The second-order valence-electron chi connectivity index (χ2n) is 7.91. The van der Waals surface area contributed by atoms with Crippen LogP contribution in [0, 0.1) is 12.7 Å². The normalized spacial score (nSPS) is 19.3. The number of amides is 3. The SMILES string of the molecule is Cc1cccc2c1N(CC(=O)Nc1ccccc1)C(=O)C21SCC(=O)N1c1ccc(F)cc1. The Kier molecular flexibility index (Phi) is 5.17. The number of halogens is 1. The lowest BCUT2D eigenvalue weighted by atomic mass is 10.0. The van der Waals surface area contributed by atoms with Gasteiger partial charge in [0.2, 0.25) is 16.7 Å². The van der Waals surface area contributed by atoms with Crippen molar-refractivity contribution in [2.45, 2.75) is 11.8 Å². The van der Waals surface area contributed by atoms with E-state index in [-0.39, 0.29) is 30.0 Å². The van der Waals surface area contributed by atoms with Gasteiger partial charge in [-0.15, -0.1) is 11.8 Å². The third-order valence-electron chi connectivity index (χ3n) is 5.82. The number of para-hydroxylation sites is 2. The van der Waals surface area contributed by atoms with E-state index in [1.165, 1.54) is 45.8 Å². The number of nitrogens with zero attached hydrogens (tertiary/aromatic N) is 2. The van der Waals surface area contributed by atoms with Crippen molar-refractivity contribution in [1.82, 2.24) is 0 Å². The van der Waals surface area contributed by atoms with Gasteiger partial charge in [0.05, 0.1) is 11.4 Å². The molecule has 1 N–H and O–H groups in total. The number of benzene rings is 3. The van der Waals surface area contributed by atoms with Crippen molar-refractivity contribution >= 4 is 46.5 Å². The molecule has 0 radical (unpaired) electrons. The summed E-state index contributed by atoms with van der Waals surface area (Å²) in [7, 11) is 0. The fourth-order valence-corrected chi connectivity index (χ4v) is 5.80. The molecule has 3 amide bonds. The Bertz CT molecular complexity index is 1270. The fraction of sp³-hybridized carbons (Fsp3) is 0.160. The molecule has 1 atom stereocenters. The van der Waals surface area contributed by atoms with Crippen molar-refractivity contribution in [2.24, 2.45) is 0 Å². The lowest BCUT2D eigenvalue weighted by Crippen LogP contribution is -2.50. The van der Waals surface area contributed by atoms with Gasteiger partial charge in [0.1, 0.15) is 12.4 Å². The molecule has 2 aliphatic heterocycles. The number of carbonyl (C=O) groups excluding carboxylic acids is 3. The van der Waals surface area contributed by atoms with Crippen LogP contribution in [0.2, 0.25) is 0 Å². The molecule has 1 spiro atoms. The molecule has 1 saturated heterocycles. The van der Waals surface area contributed by atoms with Crippen LogP contribution in [0.4, 0.5) is 21.5 Å². The molecule has 3 aromatic rings. The van der Waals surface area contributed by atoms with Crippen LogP contribution in [0.1, 0.15) is 11.1 Å². The van der Waals surface area contributed by atoms with E-state index in [1.54, 1.807) is 12.1 Å². The number of anilines is 3. The molecule has 0 bridgehead atoms. The van der Waals surface area contributed by atoms with E-state index in [9.17, 15) is 18.8 Å². The van der Waals surface area contributed by atoms with Crippen molar-refractivity contribution in [3.05, 3.63) is 89.7 Å². The maximum absolute atomic E-state index is 14.0. The van der Waals surface area contributed by atoms with Gasteiger partial charge in [0, 0.05) is 16.9 Å². The highest BCUT2D eigenvalue weighted by molar-refractivity contribution is 8.02. The Balaban J connectivity index is 1.56. The number of thioether (sulfide) groups is 1. The van der Waals surface area contributed by atoms with Gasteiger partial charge in [-0.05, 0) is 48.9 Å². The summed E-state index contributed by atoms with van der Waals surface area (Å²) < 4.78 is 13.6. The topological polar surface area (TPSA) is 69.7 Å². The van der Waals surface area contributed by atoms with Crippen LogP contribution in [0.15, 0.2) is 72.8 Å². The number of nitrogens with one attached hydrogen (secondary N) is 1. The summed E-state index contributed by atoms with van der Waals surface area (Å²) >= 11 is 1.22. The molecular weight excluding hydrogens is 441 g/mol. The molecule has 166 valence electrons. The Morgan fingerprint density at radius 3 is 2.48 bits per heavy atom. The van der Waals surface area contributed by atoms with Gasteiger partial charge >= 0.3 is 0 Å². The molecule has 5 rings (SSSR count). The van der Waals surface area contributed by atoms with Gasteiger partial charge in [0.15, 0.2) is 0 Å². The van der Waals surface area contributed by atoms with Gasteiger partial charge in [-0.2, -0.15) is 0 Å². The highest BCUT2D eigenvalue weighted by Gasteiger charge is 2.61. The summed E-state index contributed by atoms with van der Waals surface area (Å²) in [6.45, 7) is 1.68. The number of aryl methyl sites for hydroxylation is 1. The minimum Gasteiger partial charge on any atom is -0.325 e. The van der Waals surface area contributed by atoms with E-state index >= 15 is 0 Å². The molecule has 0 aromatic heterocycles. The summed E-state index contributed by atoms with van der Waals surface area (Å²) in [6, 6.07) is 20.1. The van der Waals surface area contributed by atoms with Gasteiger partial charge in [-0.1, -0.05) is 36.4 Å². The molecule has 1 fully saturated rings. The van der Waals surface area contributed by atoms with E-state index in [2.05, 4.69) is 5.32 Å². The molecule has 0 saturated carbocycles. The van der Waals surface area contributed by atoms with Crippen LogP contribution < -0.4 is 15.1 Å². The van der Waals surface area contributed by atoms with Crippen LogP contribution in [-0.2, 0) is 19.3 Å². The average molecular weight is 462 g/mol. The molecule has 0 aliphatic carbocycles. The Hall–Kier alpha value is -3.65. The van der Waals surface area contributed by atoms with Gasteiger partial charge in [-0.25, -0.2) is 4.39 Å². The average Bonchev–Trinajstić information content (AvgIpc) is 3.27. The lowest BCUT2D eigenvalue weighted by Gasteiger charge is -2.33. The van der Waals surface area contributed by atoms with Crippen molar-refractivity contribution in [3.8, 4) is 0 Å². The Morgan fingerprint density at radius 2 is 1.76 bits per heavy atom. The molecule has 33 heavy (non-hydrogen) atoms. The zero-order valence-corrected chi connectivity index (χ0v) is 18.6. The minimum absolute atomic E-state index is 0.0978. The summed E-state index contributed by atoms with van der Waals surface area (Å²) in [5, 5.41) is 2.81. The standard InChI is InChI=1S/C25H20FN3O3S/c1-16-6-5-9-20-23(16)28(14-21(30)27-18-7-3-2-4-8-18)24(32)25(20)29(22(31)15-33-25)19-12-10-17(26)11-13-19/h2-13H,14-15H2,1H3,(H,27,30). The third-order valence-corrected chi connectivity index (χ3v) is 7.21. The molecule has 2 heterocycles. The van der Waals surface area contributed by atoms with Crippen LogP contribution in [-0.4, -0.2) is 30.0 Å². The highest BCUT2D eigenvalue weighted by atomic mass is 32.2. The van der Waals surface area contributed by atoms with Crippen LogP contribution in [0.3, 0.4) is 0 Å². The maximum Gasteiger partial charge on any atom is 0.269 e. The predicted octanol–water partition coefficient (Wildman–Crippen LogP) is 4.05. The Morgan fingerprint density at radius 1 is 1.03 bits per heavy atom. The van der Waals surface area contributed by atoms with Gasteiger partial charge in [-0.3, -0.25) is 24.2 Å². The smallest absolute Gasteiger partial charge is 0.269 e. The summed E-state index contributed by atoms with van der Waals surface area (Å²) in [4.78, 5) is 41.4. The van der Waals surface area contributed by atoms with E-state index in [4.69, 9.17) is 0 Å². The van der Waals surface area contributed by atoms with Crippen LogP contribution in [0.25, 0.3) is 0 Å². The molecule has 8 heteroatoms. The van der Waals surface area contributed by atoms with Crippen molar-refractivity contribution in [3.63, 3.8) is 0 Å². The first-order valence-electron chi connectivity index (χ1n) is 10.4. The van der Waals surface area contributed by atoms with Crippen molar-refractivity contribution in [1.29, 1.82) is 0 Å². The zero-order chi connectivity index (χ0) is 23.2. The first-order chi connectivity index (χ1) is 15.9. The number of rotatable bonds is 4. The third kappa shape index (κ3) is 3.38. The fourth-order valence-electron chi connectivity index (χ4n) is 4.45. The molecular formula is C25H20FN3O3S. The lowest BCUT2D eigenvalue weighted by molar-refractivity contribution is -0.124. The second-order valence-corrected chi connectivity index (χ2v) is 9.08. The monoisotopic (exact) mass is 461 g/mol. The van der Waals surface area contributed by atoms with E-state index in [0.717, 1.165) is 5.56 Å². The largest absolute Gasteiger partial charge is 0.325 e. The number of fused-ring (bicyclic) bond motifs is 2. The zero-order valence-electron chi connectivity index (χ0n) is 17.7. The van der Waals surface area contributed by atoms with Crippen LogP contribution >= 0.6 is 11.8 Å². The van der Waals surface area contributed by atoms with Gasteiger partial charge < -0.3 is 5.32 Å². The van der Waals surface area contributed by atoms with Gasteiger partial charge in [0.25, 0.3) is 5.91 Å². The van der Waals surface area contributed by atoms with E-state index < -0.39 is 10.7 Å². The molecule has 1 unspecified atom stereocenters. The van der Waals surface area contributed by atoms with E-state index in [1.807, 2.05) is 43.3 Å². The van der Waals surface area contributed by atoms with Crippen LogP contribution in [0.5, 0.6) is 0 Å². The molecule has 2 aliphatic rings. The highest BCUT2D eigenvalue weighted by Crippen LogP contribution is 2.56. The minimum atomic E-state index is -1.34. The number of hydrogen-bond donors (Lipinski definition) is 1. The molecule has 3 aromatic carbocycles. The number of hydrogen-bond acceptors (Lipinski definition) is 4. The second kappa shape index (κ2) is 8.04. The number of carbonyl (C=O) groups is 3. The maximum atomic E-state index is 14.0. The first-order valence-corrected chi connectivity index (χ1v) is 11.4. The summed E-state index contributed by atoms with van der Waals surface area (Å²) in [5.74, 6) is -1.29. The molecule has 6 nitrogen and oxygen atoms in total. The predicted molar refractivity (Wildman–Crippen MR) is 127 cm³/mol. The first kappa shape index (κ1) is 21.2. The Labute approximate surface area is 194 Å². The van der Waals surface area contributed by atoms with Crippen molar-refractivity contribution < 1.29 is 18.8 Å².